The highest BCUT2D eigenvalue weighted by Crippen LogP contribution is 2.25. The Kier molecular flexibility index (Phi) is 1.64. The van der Waals surface area contributed by atoms with E-state index < -0.39 is 17.5 Å². The molecule has 0 radical (unpaired) electrons. The number of rotatable bonds is 2. The van der Waals surface area contributed by atoms with Crippen molar-refractivity contribution in [2.24, 2.45) is 0 Å². The van der Waals surface area contributed by atoms with E-state index in [2.05, 4.69) is 0 Å². The van der Waals surface area contributed by atoms with Gasteiger partial charge < -0.3 is 15.3 Å². The van der Waals surface area contributed by atoms with Crippen molar-refractivity contribution in [1.29, 1.82) is 0 Å². The van der Waals surface area contributed by atoms with Crippen LogP contribution in [0.2, 0.25) is 0 Å². The summed E-state index contributed by atoms with van der Waals surface area (Å²) in [7, 11) is 0. The summed E-state index contributed by atoms with van der Waals surface area (Å²) < 4.78 is 22.1. The molecule has 12 heavy (non-hydrogen) atoms. The molecule has 0 saturated heterocycles. The van der Waals surface area contributed by atoms with Gasteiger partial charge in [0.25, 0.3) is 0 Å². The zero-order chi connectivity index (χ0) is 11.6. The van der Waals surface area contributed by atoms with Gasteiger partial charge in [0.05, 0.1) is 10.7 Å². The lowest BCUT2D eigenvalue weighted by molar-refractivity contribution is 0.343. The van der Waals surface area contributed by atoms with E-state index in [1.807, 2.05) is 0 Å². The maximum absolute atomic E-state index is 9.20. The molecule has 3 heteroatoms. The highest BCUT2D eigenvalue weighted by Gasteiger charge is 1.96. The van der Waals surface area contributed by atoms with Crippen LogP contribution in [0, 0.1) is 0 Å². The van der Waals surface area contributed by atoms with Gasteiger partial charge in [0.2, 0.25) is 0 Å². The van der Waals surface area contributed by atoms with Gasteiger partial charge in [-0.3, -0.25) is 0 Å². The lowest BCUT2D eigenvalue weighted by Gasteiger charge is -1.97. The molecule has 1 aromatic rings. The molecule has 0 unspecified atom stereocenters. The van der Waals surface area contributed by atoms with E-state index in [9.17, 15) is 5.11 Å². The molecule has 0 aromatic heterocycles. The first-order valence-corrected chi connectivity index (χ1v) is 3.29. The smallest absolute Gasteiger partial charge is 0.157 e. The number of phenolic OH excluding ortho intramolecular Hbond substituents is 2. The van der Waals surface area contributed by atoms with Gasteiger partial charge in [-0.15, -0.1) is 0 Å². The second-order valence-electron chi connectivity index (χ2n) is 2.07. The molecule has 0 saturated carbocycles. The first-order valence-electron chi connectivity index (χ1n) is 4.79. The Morgan fingerprint density at radius 3 is 2.83 bits per heavy atom. The third-order valence-corrected chi connectivity index (χ3v) is 1.19. The van der Waals surface area contributed by atoms with Gasteiger partial charge in [-0.1, -0.05) is 18.2 Å². The van der Waals surface area contributed by atoms with Crippen LogP contribution in [-0.2, 0) is 0 Å². The fourth-order valence-corrected chi connectivity index (χ4v) is 0.665. The standard InChI is InChI=1S/C9H10O3/c10-5-1-2-7-3-4-8(11)9(12)6-7/h1-4,6,10-12H,5H2/b2-1+/i2D,3D,4D. The Morgan fingerprint density at radius 1 is 1.42 bits per heavy atom. The topological polar surface area (TPSA) is 60.7 Å². The molecule has 0 amide bonds. The largest absolute Gasteiger partial charge is 0.504 e. The first-order chi connectivity index (χ1) is 6.99. The van der Waals surface area contributed by atoms with Crippen LogP contribution in [0.15, 0.2) is 24.2 Å². The molecule has 3 nitrogen and oxygen atoms in total. The summed E-state index contributed by atoms with van der Waals surface area (Å²) >= 11 is 0. The number of aliphatic hydroxyl groups excluding tert-OH is 1. The van der Waals surface area contributed by atoms with E-state index in [0.29, 0.717) is 0 Å². The van der Waals surface area contributed by atoms with Crippen molar-refractivity contribution in [3.05, 3.63) is 29.8 Å². The molecule has 0 fully saturated rings. The normalized spacial score (nSPS) is 15.1. The number of benzene rings is 1. The van der Waals surface area contributed by atoms with Gasteiger partial charge in [0, 0.05) is 0 Å². The quantitative estimate of drug-likeness (QED) is 0.581. The summed E-state index contributed by atoms with van der Waals surface area (Å²) in [5.41, 5.74) is -0.00986. The molecule has 0 aliphatic carbocycles. The summed E-state index contributed by atoms with van der Waals surface area (Å²) in [4.78, 5) is 0. The Hall–Kier alpha value is -1.48. The van der Waals surface area contributed by atoms with Crippen LogP contribution >= 0.6 is 0 Å². The van der Waals surface area contributed by atoms with E-state index in [4.69, 9.17) is 14.3 Å². The average molecular weight is 169 g/mol. The van der Waals surface area contributed by atoms with Crippen LogP contribution in [-0.4, -0.2) is 21.9 Å². The molecular formula is C9H10O3. The maximum atomic E-state index is 9.20. The van der Waals surface area contributed by atoms with Crippen molar-refractivity contribution in [2.75, 3.05) is 6.61 Å². The minimum absolute atomic E-state index is 0.00986. The van der Waals surface area contributed by atoms with Gasteiger partial charge in [0.1, 0.15) is 0 Å². The van der Waals surface area contributed by atoms with Gasteiger partial charge in [-0.2, -0.15) is 0 Å². The van der Waals surface area contributed by atoms with Crippen molar-refractivity contribution in [3.63, 3.8) is 0 Å². The molecule has 0 bridgehead atoms. The van der Waals surface area contributed by atoms with E-state index in [1.54, 1.807) is 0 Å². The van der Waals surface area contributed by atoms with Crippen molar-refractivity contribution in [3.8, 4) is 11.5 Å². The number of aliphatic hydroxyl groups is 1. The van der Waals surface area contributed by atoms with Crippen molar-refractivity contribution >= 4 is 6.05 Å². The molecular weight excluding hydrogens is 156 g/mol. The molecule has 0 aliphatic heterocycles. The van der Waals surface area contributed by atoms with E-state index >= 15 is 0 Å². The summed E-state index contributed by atoms with van der Waals surface area (Å²) in [6, 6.07) is -0.0584. The minimum atomic E-state index is -0.680. The van der Waals surface area contributed by atoms with Crippen LogP contribution in [0.4, 0.5) is 0 Å². The summed E-state index contributed by atoms with van der Waals surface area (Å²) in [5.74, 6) is -1.23. The first kappa shape index (κ1) is 5.22. The Labute approximate surface area is 74.4 Å². The molecule has 0 heterocycles. The predicted molar refractivity (Wildman–Crippen MR) is 45.9 cm³/mol. The second-order valence-corrected chi connectivity index (χ2v) is 2.07. The monoisotopic (exact) mass is 169 g/mol. The molecule has 3 N–H and O–H groups in total. The molecule has 0 atom stereocenters. The third-order valence-electron chi connectivity index (χ3n) is 1.19. The minimum Gasteiger partial charge on any atom is -0.504 e. The fraction of sp³-hybridized carbons (Fsp3) is 0.111. The number of hydrogen-bond acceptors (Lipinski definition) is 3. The highest BCUT2D eigenvalue weighted by molar-refractivity contribution is 5.54. The predicted octanol–water partition coefficient (Wildman–Crippen LogP) is 1.10. The van der Waals surface area contributed by atoms with Gasteiger partial charge >= 0.3 is 0 Å². The lowest BCUT2D eigenvalue weighted by Crippen LogP contribution is -1.75. The zero-order valence-corrected chi connectivity index (χ0v) is 6.20. The van der Waals surface area contributed by atoms with Gasteiger partial charge in [-0.05, 0) is 17.7 Å². The van der Waals surface area contributed by atoms with Crippen molar-refractivity contribution in [2.45, 2.75) is 0 Å². The van der Waals surface area contributed by atoms with Gasteiger partial charge in [-0.25, -0.2) is 0 Å². The van der Waals surface area contributed by atoms with Crippen LogP contribution in [0.3, 0.4) is 0 Å². The summed E-state index contributed by atoms with van der Waals surface area (Å²) in [5, 5.41) is 26.9. The molecule has 0 aliphatic rings. The molecule has 64 valence electrons. The molecule has 0 spiro atoms. The fourth-order valence-electron chi connectivity index (χ4n) is 0.665. The summed E-state index contributed by atoms with van der Waals surface area (Å²) in [6.07, 6.45) is 1.13. The Morgan fingerprint density at radius 2 is 2.17 bits per heavy atom. The second kappa shape index (κ2) is 3.78. The SMILES string of the molecule is [2H]/C(=C\CO)c1cc(O)c(O)c([2H])c1[2H]. The lowest BCUT2D eigenvalue weighted by atomic mass is 10.2. The number of phenols is 2. The molecule has 1 rings (SSSR count). The maximum Gasteiger partial charge on any atom is 0.157 e. The third kappa shape index (κ3) is 2.00. The van der Waals surface area contributed by atoms with Crippen LogP contribution in [0.1, 0.15) is 9.68 Å². The van der Waals surface area contributed by atoms with E-state index in [0.717, 1.165) is 12.1 Å². The summed E-state index contributed by atoms with van der Waals surface area (Å²) in [6.45, 7) is -0.368. The number of aromatic hydroxyl groups is 2. The van der Waals surface area contributed by atoms with Gasteiger partial charge in [0.15, 0.2) is 11.5 Å². The van der Waals surface area contributed by atoms with Crippen molar-refractivity contribution in [1.82, 2.24) is 0 Å². The zero-order valence-electron chi connectivity index (χ0n) is 9.20. The number of hydrogen-bond donors (Lipinski definition) is 3. The Bertz CT molecular complexity index is 416. The Balaban J connectivity index is 3.39. The average Bonchev–Trinajstić information content (AvgIpc) is 2.20. The van der Waals surface area contributed by atoms with Crippen LogP contribution in [0.25, 0.3) is 6.05 Å². The van der Waals surface area contributed by atoms with E-state index in [-0.39, 0.29) is 24.3 Å². The van der Waals surface area contributed by atoms with E-state index in [1.165, 1.54) is 0 Å². The van der Waals surface area contributed by atoms with Crippen molar-refractivity contribution < 1.29 is 19.4 Å². The molecule has 1 aromatic carbocycles. The van der Waals surface area contributed by atoms with Crippen LogP contribution in [0.5, 0.6) is 11.5 Å². The highest BCUT2D eigenvalue weighted by atomic mass is 16.3. The van der Waals surface area contributed by atoms with Crippen LogP contribution < -0.4 is 0 Å².